The summed E-state index contributed by atoms with van der Waals surface area (Å²) in [6.45, 7) is 14.1. The van der Waals surface area contributed by atoms with Gasteiger partial charge in [-0.2, -0.15) is 0 Å². The zero-order valence-electron chi connectivity index (χ0n) is 14.6. The van der Waals surface area contributed by atoms with Crippen LogP contribution in [0.3, 0.4) is 0 Å². The van der Waals surface area contributed by atoms with Gasteiger partial charge in [0.1, 0.15) is 5.60 Å². The molecule has 0 aromatic heterocycles. The van der Waals surface area contributed by atoms with Crippen molar-refractivity contribution in [1.82, 2.24) is 10.2 Å². The van der Waals surface area contributed by atoms with Crippen molar-refractivity contribution in [2.45, 2.75) is 65.9 Å². The topological polar surface area (TPSA) is 41.6 Å². The normalized spacial score (nSPS) is 19.3. The molecule has 4 heteroatoms. The largest absolute Gasteiger partial charge is 0.444 e. The van der Waals surface area contributed by atoms with Crippen LogP contribution in [-0.4, -0.2) is 42.8 Å². The van der Waals surface area contributed by atoms with E-state index in [-0.39, 0.29) is 6.09 Å². The van der Waals surface area contributed by atoms with Gasteiger partial charge in [0, 0.05) is 13.1 Å². The molecule has 1 unspecified atom stereocenters. The van der Waals surface area contributed by atoms with Gasteiger partial charge < -0.3 is 15.0 Å². The zero-order valence-corrected chi connectivity index (χ0v) is 14.6. The molecular weight excluding hydrogens is 264 g/mol. The standard InChI is InChI=1S/C17H34N2O2/c1-6-14(7-2)12-18-10-8-15-9-11-19(13-15)16(20)21-17(3,4)5/h14-15,18H,6-13H2,1-5H3. The Kier molecular flexibility index (Phi) is 7.50. The molecule has 1 heterocycles. The molecule has 0 saturated carbocycles. The van der Waals surface area contributed by atoms with Crippen LogP contribution in [0.15, 0.2) is 0 Å². The number of likely N-dealkylation sites (tertiary alicyclic amines) is 1. The van der Waals surface area contributed by atoms with Crippen LogP contribution >= 0.6 is 0 Å². The van der Waals surface area contributed by atoms with Gasteiger partial charge in [-0.25, -0.2) is 4.79 Å². The maximum absolute atomic E-state index is 12.0. The fraction of sp³-hybridized carbons (Fsp3) is 0.941. The van der Waals surface area contributed by atoms with E-state index in [4.69, 9.17) is 4.74 Å². The Morgan fingerprint density at radius 3 is 2.57 bits per heavy atom. The molecule has 1 aliphatic heterocycles. The number of amides is 1. The van der Waals surface area contributed by atoms with E-state index in [1.165, 1.54) is 12.8 Å². The highest BCUT2D eigenvalue weighted by molar-refractivity contribution is 5.68. The number of hydrogen-bond donors (Lipinski definition) is 1. The van der Waals surface area contributed by atoms with Crippen LogP contribution in [0.5, 0.6) is 0 Å². The molecule has 124 valence electrons. The Morgan fingerprint density at radius 2 is 2.00 bits per heavy atom. The first-order valence-electron chi connectivity index (χ1n) is 8.54. The third-order valence-electron chi connectivity index (χ3n) is 4.25. The summed E-state index contributed by atoms with van der Waals surface area (Å²) in [6, 6.07) is 0. The Morgan fingerprint density at radius 1 is 1.33 bits per heavy atom. The second kappa shape index (κ2) is 8.62. The fourth-order valence-corrected chi connectivity index (χ4v) is 2.75. The number of rotatable bonds is 7. The highest BCUT2D eigenvalue weighted by Gasteiger charge is 2.29. The van der Waals surface area contributed by atoms with Crippen LogP contribution in [0.1, 0.15) is 60.3 Å². The predicted octanol–water partition coefficient (Wildman–Crippen LogP) is 3.66. The summed E-state index contributed by atoms with van der Waals surface area (Å²) in [4.78, 5) is 13.8. The summed E-state index contributed by atoms with van der Waals surface area (Å²) >= 11 is 0. The second-order valence-electron chi connectivity index (χ2n) is 7.26. The van der Waals surface area contributed by atoms with Gasteiger partial charge in [-0.15, -0.1) is 0 Å². The monoisotopic (exact) mass is 298 g/mol. The number of hydrogen-bond acceptors (Lipinski definition) is 3. The van der Waals surface area contributed by atoms with Crippen LogP contribution in [-0.2, 0) is 4.74 Å². The van der Waals surface area contributed by atoms with Crippen LogP contribution in [0, 0.1) is 11.8 Å². The summed E-state index contributed by atoms with van der Waals surface area (Å²) in [6.07, 6.45) is 4.60. The van der Waals surface area contributed by atoms with Crippen molar-refractivity contribution in [2.75, 3.05) is 26.2 Å². The lowest BCUT2D eigenvalue weighted by Gasteiger charge is -2.24. The molecule has 1 saturated heterocycles. The minimum absolute atomic E-state index is 0.157. The van der Waals surface area contributed by atoms with Gasteiger partial charge in [-0.05, 0) is 58.5 Å². The molecule has 0 aliphatic carbocycles. The predicted molar refractivity (Wildman–Crippen MR) is 87.5 cm³/mol. The van der Waals surface area contributed by atoms with E-state index in [9.17, 15) is 4.79 Å². The first kappa shape index (κ1) is 18.3. The summed E-state index contributed by atoms with van der Waals surface area (Å²) in [5.41, 5.74) is -0.397. The Bertz CT molecular complexity index is 308. The van der Waals surface area contributed by atoms with Gasteiger partial charge in [0.15, 0.2) is 0 Å². The van der Waals surface area contributed by atoms with Crippen LogP contribution in [0.2, 0.25) is 0 Å². The molecular formula is C17H34N2O2. The Balaban J connectivity index is 2.18. The molecule has 1 atom stereocenters. The van der Waals surface area contributed by atoms with Gasteiger partial charge in [-0.3, -0.25) is 0 Å². The summed E-state index contributed by atoms with van der Waals surface area (Å²) in [5, 5.41) is 3.56. The lowest BCUT2D eigenvalue weighted by atomic mass is 10.0. The minimum atomic E-state index is -0.397. The molecule has 0 radical (unpaired) electrons. The summed E-state index contributed by atoms with van der Waals surface area (Å²) < 4.78 is 5.43. The first-order valence-corrected chi connectivity index (χ1v) is 8.54. The van der Waals surface area contributed by atoms with E-state index >= 15 is 0 Å². The molecule has 0 aromatic carbocycles. The van der Waals surface area contributed by atoms with Crippen LogP contribution in [0.4, 0.5) is 4.79 Å². The number of carbonyl (C=O) groups excluding carboxylic acids is 1. The molecule has 1 N–H and O–H groups in total. The van der Waals surface area contributed by atoms with Crippen molar-refractivity contribution in [2.24, 2.45) is 11.8 Å². The van der Waals surface area contributed by atoms with Crippen molar-refractivity contribution >= 4 is 6.09 Å². The molecule has 1 amide bonds. The lowest BCUT2D eigenvalue weighted by Crippen LogP contribution is -2.35. The zero-order chi connectivity index (χ0) is 15.9. The lowest BCUT2D eigenvalue weighted by molar-refractivity contribution is 0.0287. The fourth-order valence-electron chi connectivity index (χ4n) is 2.75. The van der Waals surface area contributed by atoms with Gasteiger partial charge in [-0.1, -0.05) is 26.7 Å². The van der Waals surface area contributed by atoms with E-state index < -0.39 is 5.60 Å². The van der Waals surface area contributed by atoms with Gasteiger partial charge in [0.05, 0.1) is 0 Å². The number of nitrogens with zero attached hydrogens (tertiary/aromatic N) is 1. The van der Waals surface area contributed by atoms with E-state index in [2.05, 4.69) is 19.2 Å². The third-order valence-corrected chi connectivity index (χ3v) is 4.25. The van der Waals surface area contributed by atoms with Crippen LogP contribution in [0.25, 0.3) is 0 Å². The SMILES string of the molecule is CCC(CC)CNCCC1CCN(C(=O)OC(C)(C)C)C1. The van der Waals surface area contributed by atoms with Crippen molar-refractivity contribution in [3.05, 3.63) is 0 Å². The maximum atomic E-state index is 12.0. The highest BCUT2D eigenvalue weighted by Crippen LogP contribution is 2.21. The molecule has 4 nitrogen and oxygen atoms in total. The van der Waals surface area contributed by atoms with E-state index in [0.29, 0.717) is 5.92 Å². The number of ether oxygens (including phenoxy) is 1. The Hall–Kier alpha value is -0.770. The molecule has 1 rings (SSSR count). The molecule has 0 bridgehead atoms. The van der Waals surface area contributed by atoms with E-state index in [0.717, 1.165) is 44.9 Å². The van der Waals surface area contributed by atoms with Crippen molar-refractivity contribution in [1.29, 1.82) is 0 Å². The van der Waals surface area contributed by atoms with Crippen molar-refractivity contribution < 1.29 is 9.53 Å². The van der Waals surface area contributed by atoms with Crippen molar-refractivity contribution in [3.8, 4) is 0 Å². The molecule has 21 heavy (non-hydrogen) atoms. The average Bonchev–Trinajstić information content (AvgIpc) is 2.86. The van der Waals surface area contributed by atoms with Crippen LogP contribution < -0.4 is 5.32 Å². The van der Waals surface area contributed by atoms with E-state index in [1.807, 2.05) is 25.7 Å². The van der Waals surface area contributed by atoms with Gasteiger partial charge in [0.25, 0.3) is 0 Å². The molecule has 1 fully saturated rings. The summed E-state index contributed by atoms with van der Waals surface area (Å²) in [7, 11) is 0. The summed E-state index contributed by atoms with van der Waals surface area (Å²) in [5.74, 6) is 1.42. The quantitative estimate of drug-likeness (QED) is 0.729. The van der Waals surface area contributed by atoms with E-state index in [1.54, 1.807) is 0 Å². The number of nitrogens with one attached hydrogen (secondary N) is 1. The maximum Gasteiger partial charge on any atom is 0.410 e. The average molecular weight is 298 g/mol. The minimum Gasteiger partial charge on any atom is -0.444 e. The van der Waals surface area contributed by atoms with Gasteiger partial charge in [0.2, 0.25) is 0 Å². The molecule has 0 aromatic rings. The third kappa shape index (κ3) is 7.16. The van der Waals surface area contributed by atoms with Crippen molar-refractivity contribution in [3.63, 3.8) is 0 Å². The molecule has 0 spiro atoms. The molecule has 1 aliphatic rings. The Labute approximate surface area is 130 Å². The second-order valence-corrected chi connectivity index (χ2v) is 7.26. The smallest absolute Gasteiger partial charge is 0.410 e. The first-order chi connectivity index (χ1) is 9.85. The van der Waals surface area contributed by atoms with Gasteiger partial charge >= 0.3 is 6.09 Å². The number of carbonyl (C=O) groups is 1. The highest BCUT2D eigenvalue weighted by atomic mass is 16.6.